The fourth-order valence-corrected chi connectivity index (χ4v) is 1.84. The van der Waals surface area contributed by atoms with Crippen molar-refractivity contribution in [1.82, 2.24) is 10.6 Å². The molecule has 1 aromatic carbocycles. The highest BCUT2D eigenvalue weighted by Crippen LogP contribution is 2.21. The quantitative estimate of drug-likeness (QED) is 0.385. The van der Waals surface area contributed by atoms with E-state index in [9.17, 15) is 14.7 Å². The van der Waals surface area contributed by atoms with Crippen LogP contribution < -0.4 is 16.0 Å². The standard InChI is InChI=1S/C14H19N3O4/c18-12-5-4-10(8-11(12)13(19)20)17-14(21)16-7-1-6-15-9-2-3-9/h4-5,8-9,15,18H,1-3,6-7H2,(H,19,20)(H2,16,17,21). The van der Waals surface area contributed by atoms with Gasteiger partial charge < -0.3 is 26.2 Å². The van der Waals surface area contributed by atoms with Gasteiger partial charge >= 0.3 is 12.0 Å². The molecule has 0 aliphatic heterocycles. The van der Waals surface area contributed by atoms with Crippen LogP contribution in [0.4, 0.5) is 10.5 Å². The number of rotatable bonds is 7. The summed E-state index contributed by atoms with van der Waals surface area (Å²) in [5, 5.41) is 26.8. The van der Waals surface area contributed by atoms with E-state index in [2.05, 4.69) is 16.0 Å². The molecule has 2 rings (SSSR count). The summed E-state index contributed by atoms with van der Waals surface area (Å²) >= 11 is 0. The molecule has 5 N–H and O–H groups in total. The van der Waals surface area contributed by atoms with E-state index in [0.717, 1.165) is 13.0 Å². The molecule has 0 radical (unpaired) electrons. The number of anilines is 1. The van der Waals surface area contributed by atoms with Crippen LogP contribution in [-0.2, 0) is 0 Å². The molecule has 21 heavy (non-hydrogen) atoms. The molecule has 0 heterocycles. The summed E-state index contributed by atoms with van der Waals surface area (Å²) in [7, 11) is 0. The summed E-state index contributed by atoms with van der Waals surface area (Å²) in [6.45, 7) is 1.41. The van der Waals surface area contributed by atoms with Crippen LogP contribution in [0, 0.1) is 0 Å². The van der Waals surface area contributed by atoms with Gasteiger partial charge in [-0.25, -0.2) is 9.59 Å². The van der Waals surface area contributed by atoms with Crippen molar-refractivity contribution in [2.75, 3.05) is 18.4 Å². The Labute approximate surface area is 122 Å². The van der Waals surface area contributed by atoms with Crippen LogP contribution in [0.25, 0.3) is 0 Å². The predicted molar refractivity (Wildman–Crippen MR) is 77.7 cm³/mol. The van der Waals surface area contributed by atoms with Crippen LogP contribution in [-0.4, -0.2) is 41.3 Å². The zero-order valence-corrected chi connectivity index (χ0v) is 11.6. The average molecular weight is 293 g/mol. The number of carbonyl (C=O) groups excluding carboxylic acids is 1. The van der Waals surface area contributed by atoms with Gasteiger partial charge in [-0.1, -0.05) is 0 Å². The number of aromatic hydroxyl groups is 1. The topological polar surface area (TPSA) is 111 Å². The lowest BCUT2D eigenvalue weighted by Crippen LogP contribution is -2.31. The molecule has 0 unspecified atom stereocenters. The van der Waals surface area contributed by atoms with Crippen molar-refractivity contribution in [3.8, 4) is 5.75 Å². The first-order chi connectivity index (χ1) is 10.1. The number of hydrogen-bond donors (Lipinski definition) is 5. The minimum absolute atomic E-state index is 0.249. The van der Waals surface area contributed by atoms with Gasteiger partial charge in [0.25, 0.3) is 0 Å². The van der Waals surface area contributed by atoms with E-state index >= 15 is 0 Å². The van der Waals surface area contributed by atoms with Crippen LogP contribution in [0.3, 0.4) is 0 Å². The van der Waals surface area contributed by atoms with E-state index in [-0.39, 0.29) is 11.3 Å². The summed E-state index contributed by atoms with van der Waals surface area (Å²) in [6.07, 6.45) is 3.31. The second-order valence-corrected chi connectivity index (χ2v) is 5.00. The molecule has 1 saturated carbocycles. The Morgan fingerprint density at radius 3 is 2.67 bits per heavy atom. The summed E-state index contributed by atoms with van der Waals surface area (Å²) in [5.41, 5.74) is 0.0697. The first-order valence-electron chi connectivity index (χ1n) is 6.91. The number of urea groups is 1. The largest absolute Gasteiger partial charge is 0.507 e. The molecule has 114 valence electrons. The molecule has 1 fully saturated rings. The Kier molecular flexibility index (Phi) is 4.99. The van der Waals surface area contributed by atoms with Gasteiger partial charge in [0.1, 0.15) is 11.3 Å². The lowest BCUT2D eigenvalue weighted by Gasteiger charge is -2.09. The third-order valence-corrected chi connectivity index (χ3v) is 3.13. The number of phenols is 1. The Morgan fingerprint density at radius 1 is 1.24 bits per heavy atom. The maximum Gasteiger partial charge on any atom is 0.339 e. The van der Waals surface area contributed by atoms with E-state index in [1.54, 1.807) is 0 Å². The van der Waals surface area contributed by atoms with Gasteiger partial charge in [-0.05, 0) is 44.0 Å². The summed E-state index contributed by atoms with van der Waals surface area (Å²) < 4.78 is 0. The van der Waals surface area contributed by atoms with Crippen molar-refractivity contribution >= 4 is 17.7 Å². The molecular weight excluding hydrogens is 274 g/mol. The molecule has 1 aliphatic rings. The monoisotopic (exact) mass is 293 g/mol. The van der Waals surface area contributed by atoms with E-state index in [0.29, 0.717) is 18.3 Å². The second kappa shape index (κ2) is 6.94. The molecule has 7 heteroatoms. The van der Waals surface area contributed by atoms with Gasteiger partial charge in [0.2, 0.25) is 0 Å². The molecule has 1 aliphatic carbocycles. The molecule has 0 bridgehead atoms. The fourth-order valence-electron chi connectivity index (χ4n) is 1.84. The van der Waals surface area contributed by atoms with Crippen molar-refractivity contribution in [3.05, 3.63) is 23.8 Å². The molecule has 2 amide bonds. The lowest BCUT2D eigenvalue weighted by atomic mass is 10.2. The van der Waals surface area contributed by atoms with Crippen molar-refractivity contribution in [2.24, 2.45) is 0 Å². The number of carbonyl (C=O) groups is 2. The maximum absolute atomic E-state index is 11.6. The SMILES string of the molecule is O=C(NCCCNC1CC1)Nc1ccc(O)c(C(=O)O)c1. The lowest BCUT2D eigenvalue weighted by molar-refractivity contribution is 0.0693. The number of aromatic carboxylic acids is 1. The minimum atomic E-state index is -1.25. The van der Waals surface area contributed by atoms with E-state index in [1.807, 2.05) is 0 Å². The number of nitrogens with one attached hydrogen (secondary N) is 3. The molecule has 0 saturated heterocycles. The highest BCUT2D eigenvalue weighted by molar-refractivity contribution is 5.95. The van der Waals surface area contributed by atoms with Crippen LogP contribution >= 0.6 is 0 Å². The van der Waals surface area contributed by atoms with Gasteiger partial charge in [-0.2, -0.15) is 0 Å². The fraction of sp³-hybridized carbons (Fsp3) is 0.429. The second-order valence-electron chi connectivity index (χ2n) is 5.00. The van der Waals surface area contributed by atoms with E-state index in [1.165, 1.54) is 31.0 Å². The highest BCUT2D eigenvalue weighted by atomic mass is 16.4. The first-order valence-corrected chi connectivity index (χ1v) is 6.91. The summed E-state index contributed by atoms with van der Waals surface area (Å²) in [4.78, 5) is 22.5. The smallest absolute Gasteiger partial charge is 0.339 e. The van der Waals surface area contributed by atoms with Gasteiger partial charge in [-0.15, -0.1) is 0 Å². The van der Waals surface area contributed by atoms with Crippen molar-refractivity contribution in [1.29, 1.82) is 0 Å². The summed E-state index contributed by atoms with van der Waals surface area (Å²) in [6, 6.07) is 4.15. The average Bonchev–Trinajstić information content (AvgIpc) is 3.24. The maximum atomic E-state index is 11.6. The van der Waals surface area contributed by atoms with Gasteiger partial charge in [-0.3, -0.25) is 0 Å². The Hall–Kier alpha value is -2.28. The molecule has 0 aromatic heterocycles. The van der Waals surface area contributed by atoms with Crippen molar-refractivity contribution in [3.63, 3.8) is 0 Å². The Morgan fingerprint density at radius 2 is 2.00 bits per heavy atom. The number of carboxylic acid groups (broad SMARTS) is 1. The summed E-state index contributed by atoms with van der Waals surface area (Å²) in [5.74, 6) is -1.58. The first kappa shape index (κ1) is 15.1. The van der Waals surface area contributed by atoms with Gasteiger partial charge in [0.15, 0.2) is 0 Å². The van der Waals surface area contributed by atoms with Crippen LogP contribution in [0.15, 0.2) is 18.2 Å². The van der Waals surface area contributed by atoms with E-state index in [4.69, 9.17) is 5.11 Å². The Bertz CT molecular complexity index is 529. The Balaban J connectivity index is 1.73. The number of carboxylic acids is 1. The molecule has 7 nitrogen and oxygen atoms in total. The van der Waals surface area contributed by atoms with Crippen LogP contribution in [0.1, 0.15) is 29.6 Å². The minimum Gasteiger partial charge on any atom is -0.507 e. The highest BCUT2D eigenvalue weighted by Gasteiger charge is 2.19. The zero-order chi connectivity index (χ0) is 15.2. The van der Waals surface area contributed by atoms with Crippen LogP contribution in [0.2, 0.25) is 0 Å². The zero-order valence-electron chi connectivity index (χ0n) is 11.6. The third kappa shape index (κ3) is 4.96. The van der Waals surface area contributed by atoms with Gasteiger partial charge in [0, 0.05) is 18.3 Å². The predicted octanol–water partition coefficient (Wildman–Crippen LogP) is 1.35. The normalized spacial score (nSPS) is 13.7. The van der Waals surface area contributed by atoms with Crippen molar-refractivity contribution < 1.29 is 19.8 Å². The molecule has 0 atom stereocenters. The van der Waals surface area contributed by atoms with Crippen molar-refractivity contribution in [2.45, 2.75) is 25.3 Å². The molecular formula is C14H19N3O4. The third-order valence-electron chi connectivity index (χ3n) is 3.13. The van der Waals surface area contributed by atoms with E-state index < -0.39 is 12.0 Å². The van der Waals surface area contributed by atoms with Crippen LogP contribution in [0.5, 0.6) is 5.75 Å². The molecule has 1 aromatic rings. The van der Waals surface area contributed by atoms with Gasteiger partial charge in [0.05, 0.1) is 0 Å². The number of hydrogen-bond acceptors (Lipinski definition) is 4. The number of amides is 2. The molecule has 0 spiro atoms. The number of benzene rings is 1.